The molecule has 0 aliphatic rings. The second-order valence-corrected chi connectivity index (χ2v) is 6.08. The van der Waals surface area contributed by atoms with Gasteiger partial charge >= 0.3 is 0 Å². The number of rotatable bonds is 9. The first-order valence-electron chi connectivity index (χ1n) is 8.57. The molecule has 1 unspecified atom stereocenters. The fourth-order valence-corrected chi connectivity index (χ4v) is 1.96. The van der Waals surface area contributed by atoms with Crippen molar-refractivity contribution in [3.05, 3.63) is 30.1 Å². The van der Waals surface area contributed by atoms with Crippen molar-refractivity contribution in [1.29, 1.82) is 0 Å². The van der Waals surface area contributed by atoms with Crippen molar-refractivity contribution in [3.8, 4) is 5.75 Å². The van der Waals surface area contributed by atoms with Crippen LogP contribution in [0.1, 0.15) is 27.7 Å². The van der Waals surface area contributed by atoms with E-state index in [-0.39, 0.29) is 41.6 Å². The van der Waals surface area contributed by atoms with Crippen molar-refractivity contribution in [1.82, 2.24) is 15.5 Å². The standard InChI is InChI=1S/C18H31FN4O.HI/c1-6-20-18(21-11-12-23(5)14(2)3)22-13-15(4)24-17-10-8-7-9-16(17)19;/h7-10,14-15H,6,11-13H2,1-5H3,(H2,20,21,22);1H. The van der Waals surface area contributed by atoms with Crippen LogP contribution in [0.2, 0.25) is 0 Å². The molecule has 7 heteroatoms. The molecular formula is C18H32FIN4O. The number of likely N-dealkylation sites (N-methyl/N-ethyl adjacent to an activating group) is 1. The van der Waals surface area contributed by atoms with Crippen LogP contribution in [0, 0.1) is 5.82 Å². The summed E-state index contributed by atoms with van der Waals surface area (Å²) in [5, 5.41) is 6.51. The lowest BCUT2D eigenvalue weighted by molar-refractivity contribution is 0.220. The molecule has 2 N–H and O–H groups in total. The van der Waals surface area contributed by atoms with Crippen molar-refractivity contribution in [2.75, 3.05) is 33.2 Å². The minimum atomic E-state index is -0.352. The van der Waals surface area contributed by atoms with Gasteiger partial charge in [-0.3, -0.25) is 0 Å². The third kappa shape index (κ3) is 9.84. The molecule has 0 saturated heterocycles. The molecule has 144 valence electrons. The van der Waals surface area contributed by atoms with Gasteiger partial charge in [0.1, 0.15) is 6.10 Å². The van der Waals surface area contributed by atoms with E-state index in [0.29, 0.717) is 12.6 Å². The zero-order valence-electron chi connectivity index (χ0n) is 15.9. The van der Waals surface area contributed by atoms with E-state index in [9.17, 15) is 4.39 Å². The highest BCUT2D eigenvalue weighted by Crippen LogP contribution is 2.16. The molecule has 0 amide bonds. The van der Waals surface area contributed by atoms with E-state index in [4.69, 9.17) is 4.74 Å². The summed E-state index contributed by atoms with van der Waals surface area (Å²) >= 11 is 0. The van der Waals surface area contributed by atoms with Gasteiger partial charge in [-0.1, -0.05) is 12.1 Å². The Bertz CT molecular complexity index is 514. The van der Waals surface area contributed by atoms with E-state index in [1.165, 1.54) is 6.07 Å². The first-order valence-corrected chi connectivity index (χ1v) is 8.57. The minimum absolute atomic E-state index is 0. The highest BCUT2D eigenvalue weighted by molar-refractivity contribution is 14.0. The summed E-state index contributed by atoms with van der Waals surface area (Å²) in [5.74, 6) is 0.658. The fraction of sp³-hybridized carbons (Fsp3) is 0.611. The maximum absolute atomic E-state index is 13.6. The number of halogens is 2. The van der Waals surface area contributed by atoms with E-state index in [1.807, 2.05) is 13.8 Å². The lowest BCUT2D eigenvalue weighted by Gasteiger charge is -2.22. The summed E-state index contributed by atoms with van der Waals surface area (Å²) in [6, 6.07) is 6.93. The highest BCUT2D eigenvalue weighted by atomic mass is 127. The SMILES string of the molecule is CCNC(=NCC(C)Oc1ccccc1F)NCCN(C)C(C)C.I. The van der Waals surface area contributed by atoms with Gasteiger partial charge in [-0.2, -0.15) is 0 Å². The first-order chi connectivity index (χ1) is 11.4. The Kier molecular flexibility index (Phi) is 12.6. The number of nitrogens with one attached hydrogen (secondary N) is 2. The van der Waals surface area contributed by atoms with Gasteiger partial charge < -0.3 is 20.3 Å². The van der Waals surface area contributed by atoms with Crippen LogP contribution in [-0.4, -0.2) is 56.2 Å². The maximum atomic E-state index is 13.6. The van der Waals surface area contributed by atoms with Crippen LogP contribution in [0.4, 0.5) is 4.39 Å². The number of nitrogens with zero attached hydrogens (tertiary/aromatic N) is 2. The molecule has 25 heavy (non-hydrogen) atoms. The van der Waals surface area contributed by atoms with Crippen LogP contribution in [-0.2, 0) is 0 Å². The fourth-order valence-electron chi connectivity index (χ4n) is 1.96. The van der Waals surface area contributed by atoms with Crippen LogP contribution in [0.15, 0.2) is 29.3 Å². The molecule has 0 aromatic heterocycles. The molecule has 0 aliphatic carbocycles. The van der Waals surface area contributed by atoms with Crippen LogP contribution in [0.25, 0.3) is 0 Å². The van der Waals surface area contributed by atoms with Crippen molar-refractivity contribution in [2.24, 2.45) is 4.99 Å². The molecule has 0 radical (unpaired) electrons. The number of aliphatic imine (C=N–C) groups is 1. The van der Waals surface area contributed by atoms with Gasteiger partial charge in [0, 0.05) is 25.7 Å². The van der Waals surface area contributed by atoms with Gasteiger partial charge in [-0.25, -0.2) is 9.38 Å². The molecule has 0 saturated carbocycles. The Labute approximate surface area is 168 Å². The van der Waals surface area contributed by atoms with Gasteiger partial charge in [0.25, 0.3) is 0 Å². The molecule has 0 heterocycles. The molecule has 0 aliphatic heterocycles. The Morgan fingerprint density at radius 1 is 1.24 bits per heavy atom. The van der Waals surface area contributed by atoms with Gasteiger partial charge in [0.05, 0.1) is 6.54 Å². The van der Waals surface area contributed by atoms with Crippen molar-refractivity contribution in [2.45, 2.75) is 39.8 Å². The zero-order chi connectivity index (χ0) is 17.9. The van der Waals surface area contributed by atoms with E-state index >= 15 is 0 Å². The average Bonchev–Trinajstić information content (AvgIpc) is 2.54. The number of ether oxygens (including phenoxy) is 1. The van der Waals surface area contributed by atoms with Crippen molar-refractivity contribution in [3.63, 3.8) is 0 Å². The molecule has 1 aromatic rings. The van der Waals surface area contributed by atoms with Crippen LogP contribution >= 0.6 is 24.0 Å². The summed E-state index contributed by atoms with van der Waals surface area (Å²) in [5.41, 5.74) is 0. The van der Waals surface area contributed by atoms with Gasteiger partial charge in [0.2, 0.25) is 0 Å². The van der Waals surface area contributed by atoms with Crippen LogP contribution in [0.5, 0.6) is 5.75 Å². The Hall–Kier alpha value is -1.09. The predicted molar refractivity (Wildman–Crippen MR) is 114 cm³/mol. The van der Waals surface area contributed by atoms with Gasteiger partial charge in [-0.15, -0.1) is 24.0 Å². The summed E-state index contributed by atoms with van der Waals surface area (Å²) in [4.78, 5) is 6.77. The third-order valence-corrected chi connectivity index (χ3v) is 3.65. The second-order valence-electron chi connectivity index (χ2n) is 6.08. The summed E-state index contributed by atoms with van der Waals surface area (Å²) in [6.45, 7) is 11.2. The van der Waals surface area contributed by atoms with E-state index in [1.54, 1.807) is 18.2 Å². The third-order valence-electron chi connectivity index (χ3n) is 3.65. The topological polar surface area (TPSA) is 48.9 Å². The van der Waals surface area contributed by atoms with E-state index < -0.39 is 0 Å². The Morgan fingerprint density at radius 2 is 1.92 bits per heavy atom. The van der Waals surface area contributed by atoms with Gasteiger partial charge in [-0.05, 0) is 46.9 Å². The average molecular weight is 466 g/mol. The monoisotopic (exact) mass is 466 g/mol. The maximum Gasteiger partial charge on any atom is 0.191 e. The lowest BCUT2D eigenvalue weighted by atomic mass is 10.3. The molecular weight excluding hydrogens is 434 g/mol. The molecule has 1 atom stereocenters. The summed E-state index contributed by atoms with van der Waals surface area (Å²) < 4.78 is 19.2. The van der Waals surface area contributed by atoms with Crippen LogP contribution < -0.4 is 15.4 Å². The number of hydrogen-bond acceptors (Lipinski definition) is 3. The number of hydrogen-bond donors (Lipinski definition) is 2. The second kappa shape index (κ2) is 13.2. The van der Waals surface area contributed by atoms with Crippen molar-refractivity contribution < 1.29 is 9.13 Å². The van der Waals surface area contributed by atoms with Crippen molar-refractivity contribution >= 4 is 29.9 Å². The lowest BCUT2D eigenvalue weighted by Crippen LogP contribution is -2.42. The number of benzene rings is 1. The predicted octanol–water partition coefficient (Wildman–Crippen LogP) is 3.11. The normalized spacial score (nSPS) is 12.7. The van der Waals surface area contributed by atoms with E-state index in [2.05, 4.69) is 41.4 Å². The Balaban J connectivity index is 0.00000576. The molecule has 5 nitrogen and oxygen atoms in total. The van der Waals surface area contributed by atoms with Gasteiger partial charge in [0.15, 0.2) is 17.5 Å². The molecule has 0 fully saturated rings. The smallest absolute Gasteiger partial charge is 0.191 e. The molecule has 0 bridgehead atoms. The molecule has 1 aromatic carbocycles. The quantitative estimate of drug-likeness (QED) is 0.334. The Morgan fingerprint density at radius 3 is 2.52 bits per heavy atom. The van der Waals surface area contributed by atoms with E-state index in [0.717, 1.165) is 25.6 Å². The summed E-state index contributed by atoms with van der Waals surface area (Å²) in [6.07, 6.45) is -0.212. The van der Waals surface area contributed by atoms with Crippen LogP contribution in [0.3, 0.4) is 0 Å². The number of para-hydroxylation sites is 1. The minimum Gasteiger partial charge on any atom is -0.486 e. The largest absolute Gasteiger partial charge is 0.486 e. The number of guanidine groups is 1. The molecule has 1 rings (SSSR count). The molecule has 0 spiro atoms. The summed E-state index contributed by atoms with van der Waals surface area (Å²) in [7, 11) is 2.10. The zero-order valence-corrected chi connectivity index (χ0v) is 18.2. The first kappa shape index (κ1) is 23.9. The highest BCUT2D eigenvalue weighted by Gasteiger charge is 2.08.